The van der Waals surface area contributed by atoms with Crippen molar-refractivity contribution < 1.29 is 9.59 Å². The topological polar surface area (TPSA) is 82.0 Å². The Labute approximate surface area is 141 Å². The Morgan fingerprint density at radius 2 is 1.75 bits per heavy atom. The van der Waals surface area contributed by atoms with Crippen LogP contribution in [0.5, 0.6) is 0 Å². The van der Waals surface area contributed by atoms with Crippen molar-refractivity contribution in [3.8, 4) is 6.07 Å². The van der Waals surface area contributed by atoms with Crippen LogP contribution >= 0.6 is 0 Å². The van der Waals surface area contributed by atoms with Crippen molar-refractivity contribution >= 4 is 17.5 Å². The number of nitrogens with zero attached hydrogens (tertiary/aromatic N) is 1. The monoisotopic (exact) mass is 321 g/mol. The van der Waals surface area contributed by atoms with Crippen LogP contribution in [0.2, 0.25) is 0 Å². The lowest BCUT2D eigenvalue weighted by Gasteiger charge is -2.12. The highest BCUT2D eigenvalue weighted by molar-refractivity contribution is 6.06. The van der Waals surface area contributed by atoms with Crippen LogP contribution in [-0.4, -0.2) is 17.9 Å². The van der Waals surface area contributed by atoms with Crippen LogP contribution in [0.3, 0.4) is 0 Å². The number of amides is 2. The van der Waals surface area contributed by atoms with E-state index in [1.54, 1.807) is 48.5 Å². The minimum absolute atomic E-state index is 0.0729. The molecule has 5 nitrogen and oxygen atoms in total. The number of hydrogen-bond acceptors (Lipinski definition) is 3. The van der Waals surface area contributed by atoms with Crippen molar-refractivity contribution in [2.75, 3.05) is 5.32 Å². The van der Waals surface area contributed by atoms with Crippen LogP contribution in [0.1, 0.15) is 46.5 Å². The van der Waals surface area contributed by atoms with E-state index < -0.39 is 0 Å². The summed E-state index contributed by atoms with van der Waals surface area (Å²) in [7, 11) is 0. The first kappa shape index (κ1) is 17.2. The molecule has 0 aromatic heterocycles. The summed E-state index contributed by atoms with van der Waals surface area (Å²) in [5.74, 6) is -0.534. The minimum Gasteiger partial charge on any atom is -0.350 e. The van der Waals surface area contributed by atoms with Crippen LogP contribution < -0.4 is 10.6 Å². The molecule has 0 fully saturated rings. The molecule has 24 heavy (non-hydrogen) atoms. The number of rotatable bonds is 5. The van der Waals surface area contributed by atoms with Crippen molar-refractivity contribution in [2.24, 2.45) is 0 Å². The quantitative estimate of drug-likeness (QED) is 0.886. The molecule has 0 saturated heterocycles. The fraction of sp³-hybridized carbons (Fsp3) is 0.211. The number of anilines is 1. The highest BCUT2D eigenvalue weighted by Gasteiger charge is 2.12. The number of nitriles is 1. The van der Waals surface area contributed by atoms with Gasteiger partial charge in [-0.15, -0.1) is 0 Å². The Morgan fingerprint density at radius 3 is 2.42 bits per heavy atom. The number of carbonyl (C=O) groups is 2. The maximum Gasteiger partial charge on any atom is 0.255 e. The van der Waals surface area contributed by atoms with E-state index in [9.17, 15) is 9.59 Å². The molecule has 2 aromatic rings. The van der Waals surface area contributed by atoms with Crippen LogP contribution in [0, 0.1) is 11.3 Å². The highest BCUT2D eigenvalue weighted by atomic mass is 16.2. The van der Waals surface area contributed by atoms with E-state index in [-0.39, 0.29) is 17.9 Å². The summed E-state index contributed by atoms with van der Waals surface area (Å²) in [6.45, 7) is 3.92. The van der Waals surface area contributed by atoms with Gasteiger partial charge in [-0.1, -0.05) is 19.1 Å². The summed E-state index contributed by atoms with van der Waals surface area (Å²) in [6, 6.07) is 15.3. The molecule has 2 rings (SSSR count). The molecule has 1 unspecified atom stereocenters. The van der Waals surface area contributed by atoms with Gasteiger partial charge in [-0.25, -0.2) is 0 Å². The molecular weight excluding hydrogens is 302 g/mol. The molecule has 0 aliphatic carbocycles. The number of nitrogens with one attached hydrogen (secondary N) is 2. The lowest BCUT2D eigenvalue weighted by atomic mass is 10.1. The second-order valence-electron chi connectivity index (χ2n) is 5.51. The second-order valence-corrected chi connectivity index (χ2v) is 5.51. The van der Waals surface area contributed by atoms with Gasteiger partial charge in [0.1, 0.15) is 0 Å². The largest absolute Gasteiger partial charge is 0.350 e. The van der Waals surface area contributed by atoms with E-state index in [0.717, 1.165) is 6.42 Å². The lowest BCUT2D eigenvalue weighted by molar-refractivity contribution is 0.0939. The molecule has 5 heteroatoms. The first-order valence-corrected chi connectivity index (χ1v) is 7.76. The summed E-state index contributed by atoms with van der Waals surface area (Å²) in [6.07, 6.45) is 0.834. The van der Waals surface area contributed by atoms with Crippen molar-refractivity contribution in [1.82, 2.24) is 5.32 Å². The SMILES string of the molecule is CCC(C)NC(=O)c1cccc(C(=O)Nc2cccc(C#N)c2)c1. The van der Waals surface area contributed by atoms with E-state index in [1.807, 2.05) is 19.9 Å². The van der Waals surface area contributed by atoms with Gasteiger partial charge in [0.15, 0.2) is 0 Å². The van der Waals surface area contributed by atoms with E-state index in [2.05, 4.69) is 10.6 Å². The zero-order chi connectivity index (χ0) is 17.5. The van der Waals surface area contributed by atoms with Gasteiger partial charge in [0.25, 0.3) is 11.8 Å². The lowest BCUT2D eigenvalue weighted by Crippen LogP contribution is -2.32. The van der Waals surface area contributed by atoms with Gasteiger partial charge in [-0.2, -0.15) is 5.26 Å². The molecule has 2 amide bonds. The number of carbonyl (C=O) groups excluding carboxylic acids is 2. The third-order valence-electron chi connectivity index (χ3n) is 3.63. The van der Waals surface area contributed by atoms with Gasteiger partial charge in [-0.05, 0) is 49.7 Å². The van der Waals surface area contributed by atoms with Crippen molar-refractivity contribution in [1.29, 1.82) is 5.26 Å². The molecule has 0 aliphatic heterocycles. The molecule has 2 N–H and O–H groups in total. The Morgan fingerprint density at radius 1 is 1.08 bits per heavy atom. The summed E-state index contributed by atoms with van der Waals surface area (Å²) < 4.78 is 0. The van der Waals surface area contributed by atoms with E-state index in [4.69, 9.17) is 5.26 Å². The van der Waals surface area contributed by atoms with Gasteiger partial charge < -0.3 is 10.6 Å². The maximum absolute atomic E-state index is 12.3. The fourth-order valence-corrected chi connectivity index (χ4v) is 2.08. The Hall–Kier alpha value is -3.13. The second kappa shape index (κ2) is 7.93. The third-order valence-corrected chi connectivity index (χ3v) is 3.63. The predicted molar refractivity (Wildman–Crippen MR) is 92.8 cm³/mol. The molecule has 122 valence electrons. The smallest absolute Gasteiger partial charge is 0.255 e. The van der Waals surface area contributed by atoms with Gasteiger partial charge in [0.05, 0.1) is 11.6 Å². The number of hydrogen-bond donors (Lipinski definition) is 2. The van der Waals surface area contributed by atoms with Crippen LogP contribution in [0.4, 0.5) is 5.69 Å². The molecule has 0 aliphatic rings. The molecule has 2 aromatic carbocycles. The van der Waals surface area contributed by atoms with E-state index in [0.29, 0.717) is 22.4 Å². The maximum atomic E-state index is 12.3. The van der Waals surface area contributed by atoms with Gasteiger partial charge in [0, 0.05) is 22.9 Å². The molecule has 1 atom stereocenters. The third kappa shape index (κ3) is 4.43. The average Bonchev–Trinajstić information content (AvgIpc) is 2.61. The van der Waals surface area contributed by atoms with Gasteiger partial charge >= 0.3 is 0 Å². The normalized spacial score (nSPS) is 11.2. The molecule has 0 bridgehead atoms. The van der Waals surface area contributed by atoms with Crippen molar-refractivity contribution in [3.63, 3.8) is 0 Å². The summed E-state index contributed by atoms with van der Waals surface area (Å²) in [5, 5.41) is 14.5. The van der Waals surface area contributed by atoms with E-state index >= 15 is 0 Å². The zero-order valence-corrected chi connectivity index (χ0v) is 13.7. The molecule has 0 radical (unpaired) electrons. The van der Waals surface area contributed by atoms with Crippen molar-refractivity contribution in [3.05, 3.63) is 65.2 Å². The standard InChI is InChI=1S/C19H19N3O2/c1-3-13(2)21-18(23)15-7-5-8-16(11-15)19(24)22-17-9-4-6-14(10-17)12-20/h4-11,13H,3H2,1-2H3,(H,21,23)(H,22,24). The first-order chi connectivity index (χ1) is 11.5. The van der Waals surface area contributed by atoms with E-state index in [1.165, 1.54) is 0 Å². The van der Waals surface area contributed by atoms with Crippen molar-refractivity contribution in [2.45, 2.75) is 26.3 Å². The van der Waals surface area contributed by atoms with Crippen LogP contribution in [0.15, 0.2) is 48.5 Å². The minimum atomic E-state index is -0.330. The summed E-state index contributed by atoms with van der Waals surface area (Å²) >= 11 is 0. The number of benzene rings is 2. The Balaban J connectivity index is 2.14. The van der Waals surface area contributed by atoms with Gasteiger partial charge in [0.2, 0.25) is 0 Å². The Bertz CT molecular complexity index is 793. The molecule has 0 saturated carbocycles. The van der Waals surface area contributed by atoms with Crippen LogP contribution in [-0.2, 0) is 0 Å². The fourth-order valence-electron chi connectivity index (χ4n) is 2.08. The summed E-state index contributed by atoms with van der Waals surface area (Å²) in [5.41, 5.74) is 1.82. The summed E-state index contributed by atoms with van der Waals surface area (Å²) in [4.78, 5) is 24.5. The average molecular weight is 321 g/mol. The highest BCUT2D eigenvalue weighted by Crippen LogP contribution is 2.13. The molecule has 0 heterocycles. The molecule has 0 spiro atoms. The Kier molecular flexibility index (Phi) is 5.69. The van der Waals surface area contributed by atoms with Crippen LogP contribution in [0.25, 0.3) is 0 Å². The zero-order valence-electron chi connectivity index (χ0n) is 13.7. The molecular formula is C19H19N3O2. The first-order valence-electron chi connectivity index (χ1n) is 7.76. The van der Waals surface area contributed by atoms with Gasteiger partial charge in [-0.3, -0.25) is 9.59 Å². The predicted octanol–water partition coefficient (Wildman–Crippen LogP) is 3.34.